The number of carbonyl (C=O) groups excluding carboxylic acids is 2. The first-order valence-electron chi connectivity index (χ1n) is 7.89. The van der Waals surface area contributed by atoms with Crippen molar-refractivity contribution in [2.75, 3.05) is 18.4 Å². The Kier molecular flexibility index (Phi) is 5.57. The minimum absolute atomic E-state index is 0.0188. The first-order valence-corrected chi connectivity index (χ1v) is 8.70. The van der Waals surface area contributed by atoms with Crippen LogP contribution in [0.15, 0.2) is 29.2 Å². The molecule has 5 nitrogen and oxygen atoms in total. The van der Waals surface area contributed by atoms with Crippen LogP contribution in [-0.2, 0) is 4.79 Å². The number of carbonyl (C=O) groups is 2. The Bertz CT molecular complexity index is 558. The summed E-state index contributed by atoms with van der Waals surface area (Å²) in [6.07, 6.45) is 1.32. The number of nitrogens with one attached hydrogen (secondary N) is 1. The molecule has 1 aromatic carbocycles. The number of benzene rings is 1. The van der Waals surface area contributed by atoms with Gasteiger partial charge in [0, 0.05) is 34.3 Å². The highest BCUT2D eigenvalue weighted by molar-refractivity contribution is 8.00. The van der Waals surface area contributed by atoms with Gasteiger partial charge in [0.2, 0.25) is 5.91 Å². The van der Waals surface area contributed by atoms with Gasteiger partial charge in [0.15, 0.2) is 0 Å². The lowest BCUT2D eigenvalue weighted by Crippen LogP contribution is -2.43. The number of primary amides is 1. The number of likely N-dealkylation sites (tertiary alicyclic amines) is 1. The molecule has 1 aromatic rings. The zero-order valence-corrected chi connectivity index (χ0v) is 14.8. The molecule has 3 N–H and O–H groups in total. The molecule has 126 valence electrons. The van der Waals surface area contributed by atoms with Crippen LogP contribution in [0.1, 0.15) is 33.6 Å². The topological polar surface area (TPSA) is 75.4 Å². The van der Waals surface area contributed by atoms with Crippen molar-refractivity contribution in [2.45, 2.75) is 43.3 Å². The molecule has 3 amide bonds. The lowest BCUT2D eigenvalue weighted by Gasteiger charge is -2.30. The number of anilines is 1. The molecule has 2 rings (SSSR count). The van der Waals surface area contributed by atoms with Gasteiger partial charge in [0.25, 0.3) is 0 Å². The van der Waals surface area contributed by atoms with Crippen LogP contribution < -0.4 is 11.1 Å². The van der Waals surface area contributed by atoms with E-state index in [9.17, 15) is 9.59 Å². The van der Waals surface area contributed by atoms with Gasteiger partial charge in [-0.15, -0.1) is 11.8 Å². The van der Waals surface area contributed by atoms with Gasteiger partial charge in [-0.05, 0) is 37.1 Å². The van der Waals surface area contributed by atoms with Crippen LogP contribution in [0.5, 0.6) is 0 Å². The van der Waals surface area contributed by atoms with Crippen LogP contribution >= 0.6 is 11.8 Å². The summed E-state index contributed by atoms with van der Waals surface area (Å²) in [4.78, 5) is 26.2. The van der Waals surface area contributed by atoms with Crippen molar-refractivity contribution in [1.82, 2.24) is 4.90 Å². The summed E-state index contributed by atoms with van der Waals surface area (Å²) < 4.78 is 0.166. The van der Waals surface area contributed by atoms with Crippen molar-refractivity contribution < 1.29 is 9.59 Å². The van der Waals surface area contributed by atoms with E-state index in [1.54, 1.807) is 16.7 Å². The maximum Gasteiger partial charge on any atom is 0.314 e. The summed E-state index contributed by atoms with van der Waals surface area (Å²) in [5.74, 6) is -0.0421. The number of urea groups is 1. The molecule has 23 heavy (non-hydrogen) atoms. The number of nitrogens with two attached hydrogens (primary N) is 1. The monoisotopic (exact) mass is 335 g/mol. The lowest BCUT2D eigenvalue weighted by molar-refractivity contribution is -0.121. The van der Waals surface area contributed by atoms with Gasteiger partial charge in [-0.3, -0.25) is 4.79 Å². The van der Waals surface area contributed by atoms with E-state index in [1.165, 1.54) is 4.90 Å². The summed E-state index contributed by atoms with van der Waals surface area (Å²) in [6.45, 7) is 7.62. The van der Waals surface area contributed by atoms with Crippen LogP contribution in [-0.4, -0.2) is 34.7 Å². The zero-order valence-electron chi connectivity index (χ0n) is 14.0. The van der Waals surface area contributed by atoms with Gasteiger partial charge >= 0.3 is 6.03 Å². The summed E-state index contributed by atoms with van der Waals surface area (Å²) >= 11 is 1.80. The van der Waals surface area contributed by atoms with E-state index in [1.807, 2.05) is 24.3 Å². The van der Waals surface area contributed by atoms with Crippen molar-refractivity contribution >= 4 is 29.4 Å². The smallest absolute Gasteiger partial charge is 0.314 e. The van der Waals surface area contributed by atoms with Crippen LogP contribution in [0.4, 0.5) is 10.5 Å². The number of rotatable bonds is 3. The minimum atomic E-state index is -0.407. The van der Waals surface area contributed by atoms with Gasteiger partial charge in [-0.25, -0.2) is 4.79 Å². The number of nitrogens with zero attached hydrogens (tertiary/aromatic N) is 1. The van der Waals surface area contributed by atoms with Crippen molar-refractivity contribution in [3.05, 3.63) is 24.3 Å². The van der Waals surface area contributed by atoms with E-state index in [0.29, 0.717) is 25.9 Å². The highest BCUT2D eigenvalue weighted by Gasteiger charge is 2.26. The Morgan fingerprint density at radius 1 is 1.17 bits per heavy atom. The SMILES string of the molecule is CC(C)(C)Sc1ccc(NC(=O)C2CCN(C(N)=O)CC2)cc1. The predicted molar refractivity (Wildman–Crippen MR) is 94.6 cm³/mol. The molecule has 0 unspecified atom stereocenters. The van der Waals surface area contributed by atoms with Gasteiger partial charge in [-0.2, -0.15) is 0 Å². The highest BCUT2D eigenvalue weighted by Crippen LogP contribution is 2.32. The molecule has 1 aliphatic heterocycles. The van der Waals surface area contributed by atoms with E-state index in [-0.39, 0.29) is 16.6 Å². The average molecular weight is 335 g/mol. The first kappa shape index (κ1) is 17.7. The van der Waals surface area contributed by atoms with E-state index in [2.05, 4.69) is 26.1 Å². The Morgan fingerprint density at radius 3 is 2.22 bits per heavy atom. The second kappa shape index (κ2) is 7.25. The third-order valence-electron chi connectivity index (χ3n) is 3.72. The summed E-state index contributed by atoms with van der Waals surface area (Å²) in [6, 6.07) is 7.52. The molecule has 0 aromatic heterocycles. The predicted octanol–water partition coefficient (Wildman–Crippen LogP) is 3.31. The second-order valence-corrected chi connectivity index (χ2v) is 8.73. The van der Waals surface area contributed by atoms with Gasteiger partial charge in [-0.1, -0.05) is 20.8 Å². The Hall–Kier alpha value is -1.69. The summed E-state index contributed by atoms with van der Waals surface area (Å²) in [5, 5.41) is 2.96. The normalized spacial score (nSPS) is 16.2. The van der Waals surface area contributed by atoms with Crippen molar-refractivity contribution in [2.24, 2.45) is 11.7 Å². The molecular weight excluding hydrogens is 310 g/mol. The average Bonchev–Trinajstić information content (AvgIpc) is 2.48. The van der Waals surface area contributed by atoms with Crippen molar-refractivity contribution in [3.63, 3.8) is 0 Å². The summed E-state index contributed by atoms with van der Waals surface area (Å²) in [5.41, 5.74) is 6.07. The van der Waals surface area contributed by atoms with Crippen LogP contribution in [0.2, 0.25) is 0 Å². The van der Waals surface area contributed by atoms with Gasteiger partial charge in [0.05, 0.1) is 0 Å². The molecule has 1 aliphatic rings. The standard InChI is InChI=1S/C17H25N3O2S/c1-17(2,3)23-14-6-4-13(5-7-14)19-15(21)12-8-10-20(11-9-12)16(18)22/h4-7,12H,8-11H2,1-3H3,(H2,18,22)(H,19,21). The Balaban J connectivity index is 1.87. The number of hydrogen-bond acceptors (Lipinski definition) is 3. The molecule has 0 aliphatic carbocycles. The van der Waals surface area contributed by atoms with Crippen molar-refractivity contribution in [1.29, 1.82) is 0 Å². The quantitative estimate of drug-likeness (QED) is 0.832. The molecule has 0 bridgehead atoms. The number of thioether (sulfide) groups is 1. The van der Waals surface area contributed by atoms with E-state index in [4.69, 9.17) is 5.73 Å². The highest BCUT2D eigenvalue weighted by atomic mass is 32.2. The molecule has 0 spiro atoms. The molecule has 0 atom stereocenters. The lowest BCUT2D eigenvalue weighted by atomic mass is 9.96. The first-order chi connectivity index (χ1) is 10.7. The second-order valence-electron chi connectivity index (χ2n) is 6.83. The third kappa shape index (κ3) is 5.46. The van der Waals surface area contributed by atoms with Gasteiger partial charge in [0.1, 0.15) is 0 Å². The van der Waals surface area contributed by atoms with Crippen molar-refractivity contribution in [3.8, 4) is 0 Å². The minimum Gasteiger partial charge on any atom is -0.351 e. The Morgan fingerprint density at radius 2 is 1.74 bits per heavy atom. The molecular formula is C17H25N3O2S. The maximum atomic E-state index is 12.3. The molecule has 1 fully saturated rings. The number of hydrogen-bond donors (Lipinski definition) is 2. The van der Waals surface area contributed by atoms with E-state index in [0.717, 1.165) is 5.69 Å². The molecule has 1 saturated heterocycles. The fraction of sp³-hybridized carbons (Fsp3) is 0.529. The number of piperidine rings is 1. The summed E-state index contributed by atoms with van der Waals surface area (Å²) in [7, 11) is 0. The third-order valence-corrected chi connectivity index (χ3v) is 4.84. The molecule has 6 heteroatoms. The fourth-order valence-corrected chi connectivity index (χ4v) is 3.55. The molecule has 0 saturated carbocycles. The molecule has 0 radical (unpaired) electrons. The van der Waals surface area contributed by atoms with Crippen LogP contribution in [0.3, 0.4) is 0 Å². The maximum absolute atomic E-state index is 12.3. The van der Waals surface area contributed by atoms with Crippen LogP contribution in [0.25, 0.3) is 0 Å². The Labute approximate surface area is 142 Å². The van der Waals surface area contributed by atoms with E-state index < -0.39 is 6.03 Å². The van der Waals surface area contributed by atoms with E-state index >= 15 is 0 Å². The van der Waals surface area contributed by atoms with Gasteiger partial charge < -0.3 is 16.0 Å². The molecule has 1 heterocycles. The number of amides is 3. The fourth-order valence-electron chi connectivity index (χ4n) is 2.57. The van der Waals surface area contributed by atoms with Crippen LogP contribution in [0, 0.1) is 5.92 Å². The largest absolute Gasteiger partial charge is 0.351 e. The zero-order chi connectivity index (χ0) is 17.0.